The molecule has 1 aliphatic carbocycles. The number of carbonyl (C=O) groups is 1. The van der Waals surface area contributed by atoms with Gasteiger partial charge in [0.05, 0.1) is 5.69 Å². The van der Waals surface area contributed by atoms with Crippen molar-refractivity contribution in [3.05, 3.63) is 17.8 Å². The third kappa shape index (κ3) is 3.23. The third-order valence-corrected chi connectivity index (χ3v) is 4.92. The Kier molecular flexibility index (Phi) is 4.60. The van der Waals surface area contributed by atoms with Crippen molar-refractivity contribution < 1.29 is 4.79 Å². The predicted octanol–water partition coefficient (Wildman–Crippen LogP) is 2.44. The Bertz CT molecular complexity index is 500. The lowest BCUT2D eigenvalue weighted by molar-refractivity contribution is -0.136. The summed E-state index contributed by atoms with van der Waals surface area (Å²) in [6.07, 6.45) is 4.38. The Morgan fingerprint density at radius 3 is 2.32 bits per heavy atom. The van der Waals surface area contributed by atoms with Gasteiger partial charge >= 0.3 is 0 Å². The zero-order valence-corrected chi connectivity index (χ0v) is 13.7. The van der Waals surface area contributed by atoms with E-state index in [0.29, 0.717) is 11.8 Å². The van der Waals surface area contributed by atoms with Crippen molar-refractivity contribution >= 4 is 11.7 Å². The fourth-order valence-electron chi connectivity index (χ4n) is 3.15. The summed E-state index contributed by atoms with van der Waals surface area (Å²) in [6, 6.07) is 4.20. The molecule has 1 aromatic rings. The predicted molar refractivity (Wildman–Crippen MR) is 86.9 cm³/mol. The molecule has 1 aromatic heterocycles. The Morgan fingerprint density at radius 1 is 1.14 bits per heavy atom. The minimum absolute atomic E-state index is 0.184. The number of nitrogens with zero attached hydrogens (tertiary/aromatic N) is 4. The van der Waals surface area contributed by atoms with E-state index in [2.05, 4.69) is 41.1 Å². The Labute approximate surface area is 132 Å². The van der Waals surface area contributed by atoms with Crippen molar-refractivity contribution in [3.63, 3.8) is 0 Å². The van der Waals surface area contributed by atoms with Crippen molar-refractivity contribution in [2.75, 3.05) is 31.1 Å². The minimum atomic E-state index is 0.184. The second-order valence-electron chi connectivity index (χ2n) is 6.42. The van der Waals surface area contributed by atoms with E-state index in [1.54, 1.807) is 0 Å². The zero-order chi connectivity index (χ0) is 15.5. The maximum absolute atomic E-state index is 12.4. The topological polar surface area (TPSA) is 49.3 Å². The first-order valence-electron chi connectivity index (χ1n) is 8.60. The molecule has 1 amide bonds. The average Bonchev–Trinajstić information content (AvgIpc) is 3.41. The van der Waals surface area contributed by atoms with Crippen molar-refractivity contribution in [2.24, 2.45) is 5.92 Å². The fourth-order valence-corrected chi connectivity index (χ4v) is 3.15. The SMILES string of the molecule is CCC(CC)C(=O)N1CCN(c2ccc(C3CC3)nn2)CC1. The van der Waals surface area contributed by atoms with Crippen LogP contribution in [0.25, 0.3) is 0 Å². The molecule has 1 aliphatic heterocycles. The van der Waals surface area contributed by atoms with Gasteiger partial charge < -0.3 is 9.80 Å². The number of aromatic nitrogens is 2. The molecule has 3 rings (SSSR count). The number of piperazine rings is 1. The molecule has 1 saturated carbocycles. The molecule has 22 heavy (non-hydrogen) atoms. The third-order valence-electron chi connectivity index (χ3n) is 4.92. The molecule has 0 radical (unpaired) electrons. The monoisotopic (exact) mass is 302 g/mol. The fraction of sp³-hybridized carbons (Fsp3) is 0.706. The summed E-state index contributed by atoms with van der Waals surface area (Å²) < 4.78 is 0. The number of anilines is 1. The van der Waals surface area contributed by atoms with Crippen molar-refractivity contribution in [1.29, 1.82) is 0 Å². The van der Waals surface area contributed by atoms with Crippen LogP contribution in [-0.4, -0.2) is 47.2 Å². The molecule has 120 valence electrons. The Hall–Kier alpha value is -1.65. The standard InChI is InChI=1S/C17H26N4O/c1-3-13(4-2)17(22)21-11-9-20(10-12-21)16-8-7-15(18-19-16)14-5-6-14/h7-8,13-14H,3-6,9-12H2,1-2H3. The van der Waals surface area contributed by atoms with Gasteiger partial charge in [0, 0.05) is 38.0 Å². The largest absolute Gasteiger partial charge is 0.352 e. The average molecular weight is 302 g/mol. The van der Waals surface area contributed by atoms with Crippen LogP contribution in [0.15, 0.2) is 12.1 Å². The maximum Gasteiger partial charge on any atom is 0.225 e. The molecule has 0 bridgehead atoms. The molecular formula is C17H26N4O. The van der Waals surface area contributed by atoms with Gasteiger partial charge in [0.15, 0.2) is 5.82 Å². The van der Waals surface area contributed by atoms with Gasteiger partial charge in [-0.05, 0) is 37.8 Å². The summed E-state index contributed by atoms with van der Waals surface area (Å²) in [5.74, 6) is 2.10. The van der Waals surface area contributed by atoms with Crippen molar-refractivity contribution in [1.82, 2.24) is 15.1 Å². The zero-order valence-electron chi connectivity index (χ0n) is 13.7. The van der Waals surface area contributed by atoms with E-state index in [1.165, 1.54) is 12.8 Å². The Morgan fingerprint density at radius 2 is 1.82 bits per heavy atom. The molecule has 0 spiro atoms. The van der Waals surface area contributed by atoms with Crippen LogP contribution < -0.4 is 4.90 Å². The van der Waals surface area contributed by atoms with Crippen LogP contribution in [0.2, 0.25) is 0 Å². The van der Waals surface area contributed by atoms with Crippen LogP contribution in [0.5, 0.6) is 0 Å². The van der Waals surface area contributed by atoms with Crippen LogP contribution in [0.1, 0.15) is 51.1 Å². The summed E-state index contributed by atoms with van der Waals surface area (Å²) in [5, 5.41) is 8.73. The van der Waals surface area contributed by atoms with Gasteiger partial charge in [-0.3, -0.25) is 4.79 Å². The van der Waals surface area contributed by atoms with Crippen molar-refractivity contribution in [3.8, 4) is 0 Å². The first-order valence-corrected chi connectivity index (χ1v) is 8.60. The second kappa shape index (κ2) is 6.63. The highest BCUT2D eigenvalue weighted by Gasteiger charge is 2.27. The first-order chi connectivity index (χ1) is 10.7. The lowest BCUT2D eigenvalue weighted by Crippen LogP contribution is -2.50. The van der Waals surface area contributed by atoms with Gasteiger partial charge in [0.2, 0.25) is 5.91 Å². The van der Waals surface area contributed by atoms with E-state index in [0.717, 1.165) is 50.5 Å². The number of hydrogen-bond donors (Lipinski definition) is 0. The van der Waals surface area contributed by atoms with Gasteiger partial charge in [-0.2, -0.15) is 5.10 Å². The van der Waals surface area contributed by atoms with Crippen LogP contribution in [0, 0.1) is 5.92 Å². The molecule has 0 unspecified atom stereocenters. The van der Waals surface area contributed by atoms with Gasteiger partial charge in [-0.25, -0.2) is 0 Å². The van der Waals surface area contributed by atoms with E-state index >= 15 is 0 Å². The minimum Gasteiger partial charge on any atom is -0.352 e. The second-order valence-corrected chi connectivity index (χ2v) is 6.42. The van der Waals surface area contributed by atoms with Gasteiger partial charge in [0.25, 0.3) is 0 Å². The molecule has 0 atom stereocenters. The van der Waals surface area contributed by atoms with E-state index in [9.17, 15) is 4.79 Å². The molecule has 0 aromatic carbocycles. The molecule has 2 heterocycles. The van der Waals surface area contributed by atoms with Crippen LogP contribution in [0.3, 0.4) is 0 Å². The lowest BCUT2D eigenvalue weighted by Gasteiger charge is -2.36. The summed E-state index contributed by atoms with van der Waals surface area (Å²) in [4.78, 5) is 16.7. The summed E-state index contributed by atoms with van der Waals surface area (Å²) >= 11 is 0. The van der Waals surface area contributed by atoms with Crippen LogP contribution >= 0.6 is 0 Å². The molecule has 0 N–H and O–H groups in total. The summed E-state index contributed by atoms with van der Waals surface area (Å²) in [6.45, 7) is 7.48. The smallest absolute Gasteiger partial charge is 0.225 e. The molecule has 1 saturated heterocycles. The van der Waals surface area contributed by atoms with Crippen LogP contribution in [-0.2, 0) is 4.79 Å². The maximum atomic E-state index is 12.4. The molecule has 2 fully saturated rings. The Balaban J connectivity index is 1.55. The summed E-state index contributed by atoms with van der Waals surface area (Å²) in [5.41, 5.74) is 1.13. The van der Waals surface area contributed by atoms with E-state index < -0.39 is 0 Å². The van der Waals surface area contributed by atoms with E-state index in [1.807, 2.05) is 4.90 Å². The van der Waals surface area contributed by atoms with E-state index in [-0.39, 0.29) is 5.92 Å². The van der Waals surface area contributed by atoms with Gasteiger partial charge in [-0.15, -0.1) is 5.10 Å². The normalized spacial score (nSPS) is 18.9. The van der Waals surface area contributed by atoms with Gasteiger partial charge in [0.1, 0.15) is 0 Å². The molecule has 5 nitrogen and oxygen atoms in total. The lowest BCUT2D eigenvalue weighted by atomic mass is 10.0. The molecular weight excluding hydrogens is 276 g/mol. The van der Waals surface area contributed by atoms with Crippen molar-refractivity contribution in [2.45, 2.75) is 45.4 Å². The molecule has 2 aliphatic rings. The highest BCUT2D eigenvalue weighted by Crippen LogP contribution is 2.38. The number of rotatable bonds is 5. The number of hydrogen-bond acceptors (Lipinski definition) is 4. The number of amides is 1. The highest BCUT2D eigenvalue weighted by molar-refractivity contribution is 5.79. The highest BCUT2D eigenvalue weighted by atomic mass is 16.2. The van der Waals surface area contributed by atoms with Crippen LogP contribution in [0.4, 0.5) is 5.82 Å². The summed E-state index contributed by atoms with van der Waals surface area (Å²) in [7, 11) is 0. The molecule has 5 heteroatoms. The van der Waals surface area contributed by atoms with E-state index in [4.69, 9.17) is 0 Å². The quantitative estimate of drug-likeness (QED) is 0.838. The first kappa shape index (κ1) is 15.3. The number of carbonyl (C=O) groups excluding carboxylic acids is 1. The van der Waals surface area contributed by atoms with Gasteiger partial charge in [-0.1, -0.05) is 13.8 Å².